The molecule has 24 heavy (non-hydrogen) atoms. The molecule has 0 fully saturated rings. The lowest BCUT2D eigenvalue weighted by Gasteiger charge is -2.18. The Morgan fingerprint density at radius 3 is 1.67 bits per heavy atom. The van der Waals surface area contributed by atoms with E-state index in [1.165, 1.54) is 22.6 Å². The third kappa shape index (κ3) is 2.86. The molecule has 0 saturated heterocycles. The topological polar surface area (TPSA) is 17.8 Å². The second-order valence-electron chi connectivity index (χ2n) is 5.62. The molecular formula is C22H17N2. The molecule has 1 radical (unpaired) electrons. The minimum Gasteiger partial charge on any atom is -0.306 e. The summed E-state index contributed by atoms with van der Waals surface area (Å²) in [5, 5.41) is 0. The molecule has 0 spiro atoms. The van der Waals surface area contributed by atoms with Crippen molar-refractivity contribution in [2.75, 3.05) is 0 Å². The van der Waals surface area contributed by atoms with Gasteiger partial charge < -0.3 is 4.57 Å². The summed E-state index contributed by atoms with van der Waals surface area (Å²) in [4.78, 5) is 4.11. The summed E-state index contributed by atoms with van der Waals surface area (Å²) in [5.74, 6) is 1.24. The third-order valence-corrected chi connectivity index (χ3v) is 4.08. The minimum absolute atomic E-state index is 1.11. The molecule has 2 nitrogen and oxygen atoms in total. The Balaban J connectivity index is 1.77. The average Bonchev–Trinajstić information content (AvgIpc) is 3.19. The molecule has 0 saturated carbocycles. The lowest BCUT2D eigenvalue weighted by atomic mass is 9.85. The second kappa shape index (κ2) is 6.55. The first-order chi connectivity index (χ1) is 11.9. The molecule has 0 aliphatic heterocycles. The van der Waals surface area contributed by atoms with Crippen LogP contribution in [0.4, 0.5) is 0 Å². The summed E-state index contributed by atoms with van der Waals surface area (Å²) in [6.07, 6.45) is 5.56. The molecule has 4 rings (SSSR count). The normalized spacial score (nSPS) is 10.9. The highest BCUT2D eigenvalue weighted by Crippen LogP contribution is 2.31. The molecule has 0 unspecified atom stereocenters. The van der Waals surface area contributed by atoms with Gasteiger partial charge in [0.25, 0.3) is 0 Å². The number of nitrogens with zero attached hydrogens (tertiary/aromatic N) is 2. The average molecular weight is 309 g/mol. The molecule has 1 aromatic heterocycles. The van der Waals surface area contributed by atoms with E-state index in [9.17, 15) is 0 Å². The maximum absolute atomic E-state index is 4.11. The predicted octanol–water partition coefficient (Wildman–Crippen LogP) is 4.89. The van der Waals surface area contributed by atoms with Gasteiger partial charge >= 0.3 is 0 Å². The van der Waals surface area contributed by atoms with Crippen molar-refractivity contribution in [3.8, 4) is 5.69 Å². The molecule has 0 bridgehead atoms. The van der Waals surface area contributed by atoms with Crippen LogP contribution in [0.15, 0.2) is 104 Å². The maximum Gasteiger partial charge on any atom is 0.0991 e. The van der Waals surface area contributed by atoms with E-state index < -0.39 is 0 Å². The highest BCUT2D eigenvalue weighted by Gasteiger charge is 2.17. The number of hydrogen-bond donors (Lipinski definition) is 0. The van der Waals surface area contributed by atoms with Crippen LogP contribution in [0.2, 0.25) is 0 Å². The van der Waals surface area contributed by atoms with Gasteiger partial charge in [0.2, 0.25) is 0 Å². The molecule has 0 aliphatic rings. The van der Waals surface area contributed by atoms with Crippen LogP contribution < -0.4 is 0 Å². The summed E-state index contributed by atoms with van der Waals surface area (Å²) in [6, 6.07) is 29.7. The zero-order valence-corrected chi connectivity index (χ0v) is 13.2. The fraction of sp³-hybridized carbons (Fsp3) is 0. The maximum atomic E-state index is 4.11. The molecule has 1 heterocycles. The highest BCUT2D eigenvalue weighted by atomic mass is 15.0. The SMILES string of the molecule is c1ccc([C](c2ccccc2)c2ccc(-n3ccnc3)cc2)cc1. The van der Waals surface area contributed by atoms with Gasteiger partial charge in [-0.3, -0.25) is 0 Å². The lowest BCUT2D eigenvalue weighted by molar-refractivity contribution is 1.05. The molecule has 4 aromatic rings. The van der Waals surface area contributed by atoms with E-state index in [-0.39, 0.29) is 0 Å². The van der Waals surface area contributed by atoms with E-state index in [0.717, 1.165) is 5.69 Å². The number of rotatable bonds is 4. The minimum atomic E-state index is 1.11. The third-order valence-electron chi connectivity index (χ3n) is 4.08. The quantitative estimate of drug-likeness (QED) is 0.491. The summed E-state index contributed by atoms with van der Waals surface area (Å²) in [6.45, 7) is 0. The first-order valence-corrected chi connectivity index (χ1v) is 7.98. The fourth-order valence-electron chi connectivity index (χ4n) is 2.92. The van der Waals surface area contributed by atoms with Crippen molar-refractivity contribution < 1.29 is 0 Å². The van der Waals surface area contributed by atoms with E-state index in [1.807, 2.05) is 29.2 Å². The van der Waals surface area contributed by atoms with Gasteiger partial charge in [-0.1, -0.05) is 72.8 Å². The number of benzene rings is 3. The Kier molecular flexibility index (Phi) is 3.95. The van der Waals surface area contributed by atoms with E-state index in [0.29, 0.717) is 0 Å². The van der Waals surface area contributed by atoms with Crippen LogP contribution in [0.5, 0.6) is 0 Å². The van der Waals surface area contributed by atoms with Gasteiger partial charge in [0, 0.05) is 18.1 Å². The molecule has 0 atom stereocenters. The van der Waals surface area contributed by atoms with Gasteiger partial charge in [0.05, 0.1) is 12.2 Å². The number of hydrogen-bond acceptors (Lipinski definition) is 1. The summed E-state index contributed by atoms with van der Waals surface area (Å²) < 4.78 is 2.01. The zero-order chi connectivity index (χ0) is 16.2. The largest absolute Gasteiger partial charge is 0.306 e. The van der Waals surface area contributed by atoms with Crippen LogP contribution in [0.1, 0.15) is 16.7 Å². The van der Waals surface area contributed by atoms with Crippen molar-refractivity contribution in [1.82, 2.24) is 9.55 Å². The van der Waals surface area contributed by atoms with Crippen LogP contribution in [-0.2, 0) is 0 Å². The van der Waals surface area contributed by atoms with E-state index in [2.05, 4.69) is 77.8 Å². The predicted molar refractivity (Wildman–Crippen MR) is 97.0 cm³/mol. The van der Waals surface area contributed by atoms with Gasteiger partial charge in [-0.2, -0.15) is 0 Å². The van der Waals surface area contributed by atoms with Crippen LogP contribution >= 0.6 is 0 Å². The molecule has 115 valence electrons. The highest BCUT2D eigenvalue weighted by molar-refractivity contribution is 5.58. The van der Waals surface area contributed by atoms with Gasteiger partial charge in [0.15, 0.2) is 0 Å². The van der Waals surface area contributed by atoms with Gasteiger partial charge in [-0.25, -0.2) is 4.98 Å². The number of imidazole rings is 1. The monoisotopic (exact) mass is 309 g/mol. The molecule has 0 aliphatic carbocycles. The van der Waals surface area contributed by atoms with Crippen LogP contribution in [0, 0.1) is 5.92 Å². The fourth-order valence-corrected chi connectivity index (χ4v) is 2.92. The summed E-state index contributed by atoms with van der Waals surface area (Å²) >= 11 is 0. The van der Waals surface area contributed by atoms with Crippen LogP contribution in [0.25, 0.3) is 5.69 Å². The Morgan fingerprint density at radius 1 is 0.625 bits per heavy atom. The Hall–Kier alpha value is -3.13. The Morgan fingerprint density at radius 2 is 1.17 bits per heavy atom. The summed E-state index contributed by atoms with van der Waals surface area (Å²) in [7, 11) is 0. The van der Waals surface area contributed by atoms with E-state index >= 15 is 0 Å². The lowest BCUT2D eigenvalue weighted by Crippen LogP contribution is -2.04. The molecular weight excluding hydrogens is 292 g/mol. The summed E-state index contributed by atoms with van der Waals surface area (Å²) in [5.41, 5.74) is 4.76. The van der Waals surface area contributed by atoms with Gasteiger partial charge in [-0.05, 0) is 28.8 Å². The molecule has 0 amide bonds. The molecule has 0 N–H and O–H groups in total. The van der Waals surface area contributed by atoms with Gasteiger partial charge in [-0.15, -0.1) is 0 Å². The smallest absolute Gasteiger partial charge is 0.0991 e. The molecule has 2 heteroatoms. The molecule has 3 aromatic carbocycles. The number of aromatic nitrogens is 2. The van der Waals surface area contributed by atoms with Crippen molar-refractivity contribution in [1.29, 1.82) is 0 Å². The Bertz CT molecular complexity index is 840. The van der Waals surface area contributed by atoms with Crippen molar-refractivity contribution in [2.45, 2.75) is 0 Å². The Labute approximate surface area is 142 Å². The van der Waals surface area contributed by atoms with Crippen molar-refractivity contribution in [3.63, 3.8) is 0 Å². The van der Waals surface area contributed by atoms with Crippen molar-refractivity contribution in [2.24, 2.45) is 0 Å². The van der Waals surface area contributed by atoms with Gasteiger partial charge in [0.1, 0.15) is 0 Å². The standard InChI is InChI=1S/C22H17N2/c1-3-7-18(8-4-1)22(19-9-5-2-6-10-19)20-11-13-21(14-12-20)24-16-15-23-17-24/h1-17H. The van der Waals surface area contributed by atoms with E-state index in [1.54, 1.807) is 6.20 Å². The second-order valence-corrected chi connectivity index (χ2v) is 5.62. The van der Waals surface area contributed by atoms with Crippen LogP contribution in [-0.4, -0.2) is 9.55 Å². The first kappa shape index (κ1) is 14.5. The zero-order valence-electron chi connectivity index (χ0n) is 13.2. The van der Waals surface area contributed by atoms with E-state index in [4.69, 9.17) is 0 Å². The van der Waals surface area contributed by atoms with Crippen LogP contribution in [0.3, 0.4) is 0 Å². The van der Waals surface area contributed by atoms with Crippen molar-refractivity contribution >= 4 is 0 Å². The van der Waals surface area contributed by atoms with Crippen molar-refractivity contribution in [3.05, 3.63) is 126 Å². The first-order valence-electron chi connectivity index (χ1n) is 7.98.